The first kappa shape index (κ1) is 21.5. The maximum absolute atomic E-state index is 13.2. The van der Waals surface area contributed by atoms with Gasteiger partial charge in [-0.25, -0.2) is 14.8 Å². The van der Waals surface area contributed by atoms with Gasteiger partial charge in [0.2, 0.25) is 6.10 Å². The Labute approximate surface area is 176 Å². The van der Waals surface area contributed by atoms with Crippen molar-refractivity contribution in [1.82, 2.24) is 9.97 Å². The summed E-state index contributed by atoms with van der Waals surface area (Å²) in [6.45, 7) is 5.18. The molecular weight excluding hydrogens is 380 g/mol. The largest absolute Gasteiger partial charge is 0.463 e. The fourth-order valence-electron chi connectivity index (χ4n) is 3.63. The maximum atomic E-state index is 13.2. The molecule has 3 rings (SSSR count). The number of carbonyl (C=O) groups excluding carboxylic acids is 1. The summed E-state index contributed by atoms with van der Waals surface area (Å²) < 4.78 is 11.5. The van der Waals surface area contributed by atoms with Gasteiger partial charge < -0.3 is 14.6 Å². The van der Waals surface area contributed by atoms with Gasteiger partial charge in [0.1, 0.15) is 0 Å². The number of aryl methyl sites for hydroxylation is 2. The molecule has 1 aromatic heterocycles. The molecule has 0 spiro atoms. The number of esters is 1. The second-order valence-corrected chi connectivity index (χ2v) is 7.04. The summed E-state index contributed by atoms with van der Waals surface area (Å²) >= 11 is 0. The van der Waals surface area contributed by atoms with Crippen LogP contribution < -0.4 is 4.74 Å². The zero-order chi connectivity index (χ0) is 21.6. The van der Waals surface area contributed by atoms with Crippen molar-refractivity contribution in [2.45, 2.75) is 32.3 Å². The lowest BCUT2D eigenvalue weighted by atomic mass is 9.70. The van der Waals surface area contributed by atoms with Gasteiger partial charge in [0, 0.05) is 11.4 Å². The number of aliphatic hydroxyl groups is 1. The number of rotatable bonds is 8. The van der Waals surface area contributed by atoms with E-state index in [0.717, 1.165) is 11.1 Å². The van der Waals surface area contributed by atoms with E-state index in [4.69, 9.17) is 9.47 Å². The van der Waals surface area contributed by atoms with Crippen LogP contribution >= 0.6 is 0 Å². The van der Waals surface area contributed by atoms with Crippen LogP contribution in [0.5, 0.6) is 6.01 Å². The number of aliphatic hydroxyl groups excluding tert-OH is 1. The van der Waals surface area contributed by atoms with E-state index in [1.165, 1.54) is 0 Å². The van der Waals surface area contributed by atoms with E-state index < -0.39 is 17.5 Å². The van der Waals surface area contributed by atoms with Crippen molar-refractivity contribution in [2.24, 2.45) is 0 Å². The standard InChI is InChI=1S/C24H26N2O4/c1-4-29-22(28)21(30-23-25-17(2)15-18(3)26-23)24(16-27,19-11-7-5-8-12-19)20-13-9-6-10-14-20/h5-15,21,27H,4,16H2,1-3H3/t21-/m1/s1. The van der Waals surface area contributed by atoms with Crippen molar-refractivity contribution in [1.29, 1.82) is 0 Å². The minimum absolute atomic E-state index is 0.0650. The van der Waals surface area contributed by atoms with Gasteiger partial charge in [-0.05, 0) is 38.0 Å². The summed E-state index contributed by atoms with van der Waals surface area (Å²) in [5.41, 5.74) is 1.67. The predicted octanol–water partition coefficient (Wildman–Crippen LogP) is 3.38. The molecule has 0 aliphatic rings. The number of aromatic nitrogens is 2. The topological polar surface area (TPSA) is 81.5 Å². The summed E-state index contributed by atoms with van der Waals surface area (Å²) in [4.78, 5) is 21.8. The van der Waals surface area contributed by atoms with Crippen LogP contribution in [0.1, 0.15) is 29.4 Å². The van der Waals surface area contributed by atoms with Gasteiger partial charge in [0.05, 0.1) is 18.6 Å². The monoisotopic (exact) mass is 406 g/mol. The molecule has 0 fully saturated rings. The maximum Gasteiger partial charge on any atom is 0.348 e. The van der Waals surface area contributed by atoms with E-state index in [1.54, 1.807) is 6.92 Å². The zero-order valence-corrected chi connectivity index (χ0v) is 17.4. The van der Waals surface area contributed by atoms with Crippen molar-refractivity contribution in [2.75, 3.05) is 13.2 Å². The lowest BCUT2D eigenvalue weighted by Gasteiger charge is -2.38. The van der Waals surface area contributed by atoms with Gasteiger partial charge in [-0.1, -0.05) is 60.7 Å². The second kappa shape index (κ2) is 9.50. The average molecular weight is 406 g/mol. The normalized spacial score (nSPS) is 12.3. The number of nitrogens with zero attached hydrogens (tertiary/aromatic N) is 2. The number of ether oxygens (including phenoxy) is 2. The Morgan fingerprint density at radius 2 is 1.47 bits per heavy atom. The minimum Gasteiger partial charge on any atom is -0.463 e. The Morgan fingerprint density at radius 3 is 1.90 bits per heavy atom. The van der Waals surface area contributed by atoms with Crippen molar-refractivity contribution in [3.8, 4) is 6.01 Å². The van der Waals surface area contributed by atoms with Crippen LogP contribution in [0.25, 0.3) is 0 Å². The van der Waals surface area contributed by atoms with Gasteiger partial charge in [0.15, 0.2) is 0 Å². The van der Waals surface area contributed by atoms with E-state index in [1.807, 2.05) is 80.6 Å². The van der Waals surface area contributed by atoms with Crippen LogP contribution in [0.15, 0.2) is 66.7 Å². The third-order valence-electron chi connectivity index (χ3n) is 4.96. The van der Waals surface area contributed by atoms with Crippen molar-refractivity contribution in [3.63, 3.8) is 0 Å². The highest BCUT2D eigenvalue weighted by atomic mass is 16.6. The molecule has 0 radical (unpaired) electrons. The van der Waals surface area contributed by atoms with Crippen molar-refractivity contribution >= 4 is 5.97 Å². The highest BCUT2D eigenvalue weighted by molar-refractivity contribution is 5.79. The summed E-state index contributed by atoms with van der Waals surface area (Å²) in [7, 11) is 0. The fourth-order valence-corrected chi connectivity index (χ4v) is 3.63. The molecule has 0 aliphatic heterocycles. The molecule has 0 saturated carbocycles. The molecule has 1 N–H and O–H groups in total. The van der Waals surface area contributed by atoms with E-state index in [-0.39, 0.29) is 19.2 Å². The highest BCUT2D eigenvalue weighted by Crippen LogP contribution is 2.38. The van der Waals surface area contributed by atoms with Crippen LogP contribution in [0.4, 0.5) is 0 Å². The molecule has 6 nitrogen and oxygen atoms in total. The number of benzene rings is 2. The smallest absolute Gasteiger partial charge is 0.348 e. The Hall–Kier alpha value is -3.25. The predicted molar refractivity (Wildman–Crippen MR) is 113 cm³/mol. The molecule has 0 saturated heterocycles. The summed E-state index contributed by atoms with van der Waals surface area (Å²) in [5.74, 6) is -0.595. The van der Waals surface area contributed by atoms with E-state index in [2.05, 4.69) is 9.97 Å². The first-order valence-corrected chi connectivity index (χ1v) is 9.88. The average Bonchev–Trinajstić information content (AvgIpc) is 2.75. The van der Waals surface area contributed by atoms with Crippen LogP contribution in [0, 0.1) is 13.8 Å². The summed E-state index contributed by atoms with van der Waals surface area (Å²) in [5, 5.41) is 10.7. The SMILES string of the molecule is CCOC(=O)[C@@H](Oc1nc(C)cc(C)n1)C(CO)(c1ccccc1)c1ccccc1. The van der Waals surface area contributed by atoms with Crippen molar-refractivity contribution < 1.29 is 19.4 Å². The van der Waals surface area contributed by atoms with Gasteiger partial charge in [-0.2, -0.15) is 0 Å². The lowest BCUT2D eigenvalue weighted by Crippen LogP contribution is -2.52. The molecule has 1 atom stereocenters. The third kappa shape index (κ3) is 4.33. The molecule has 3 aromatic rings. The van der Waals surface area contributed by atoms with Crippen LogP contribution in [-0.2, 0) is 14.9 Å². The van der Waals surface area contributed by atoms with Gasteiger partial charge in [0.25, 0.3) is 0 Å². The molecule has 0 unspecified atom stereocenters. The fraction of sp³-hybridized carbons (Fsp3) is 0.292. The number of hydrogen-bond donors (Lipinski definition) is 1. The molecule has 30 heavy (non-hydrogen) atoms. The van der Waals surface area contributed by atoms with Gasteiger partial charge in [-0.15, -0.1) is 0 Å². The quantitative estimate of drug-likeness (QED) is 0.578. The molecule has 1 heterocycles. The summed E-state index contributed by atoms with van der Waals surface area (Å²) in [6.07, 6.45) is -1.20. The third-order valence-corrected chi connectivity index (χ3v) is 4.96. The van der Waals surface area contributed by atoms with Crippen LogP contribution in [0.2, 0.25) is 0 Å². The lowest BCUT2D eigenvalue weighted by molar-refractivity contribution is -0.155. The molecular formula is C24H26N2O4. The van der Waals surface area contributed by atoms with E-state index in [0.29, 0.717) is 11.4 Å². The minimum atomic E-state index is -1.21. The Kier molecular flexibility index (Phi) is 6.79. The second-order valence-electron chi connectivity index (χ2n) is 7.04. The Bertz CT molecular complexity index is 917. The summed E-state index contributed by atoms with van der Waals surface area (Å²) in [6, 6.07) is 20.5. The number of hydrogen-bond acceptors (Lipinski definition) is 6. The van der Waals surface area contributed by atoms with Crippen molar-refractivity contribution in [3.05, 3.63) is 89.2 Å². The Morgan fingerprint density at radius 1 is 0.967 bits per heavy atom. The number of carbonyl (C=O) groups is 1. The molecule has 0 amide bonds. The first-order chi connectivity index (χ1) is 14.5. The van der Waals surface area contributed by atoms with Gasteiger partial charge in [-0.3, -0.25) is 0 Å². The Balaban J connectivity index is 2.22. The molecule has 0 aliphatic carbocycles. The molecule has 156 valence electrons. The first-order valence-electron chi connectivity index (χ1n) is 9.88. The zero-order valence-electron chi connectivity index (χ0n) is 17.4. The molecule has 2 aromatic carbocycles. The van der Waals surface area contributed by atoms with Crippen LogP contribution in [0.3, 0.4) is 0 Å². The van der Waals surface area contributed by atoms with E-state index in [9.17, 15) is 9.90 Å². The van der Waals surface area contributed by atoms with Crippen LogP contribution in [-0.4, -0.2) is 40.4 Å². The molecule has 6 heteroatoms. The molecule has 0 bridgehead atoms. The van der Waals surface area contributed by atoms with Gasteiger partial charge >= 0.3 is 12.0 Å². The highest BCUT2D eigenvalue weighted by Gasteiger charge is 2.49. The van der Waals surface area contributed by atoms with E-state index >= 15 is 0 Å².